The lowest BCUT2D eigenvalue weighted by Crippen LogP contribution is -2.42. The number of aryl methyl sites for hydroxylation is 1. The highest BCUT2D eigenvalue weighted by atomic mass is 32.1. The quantitative estimate of drug-likeness (QED) is 0.352. The molecule has 1 aliphatic rings. The van der Waals surface area contributed by atoms with Crippen LogP contribution in [0.2, 0.25) is 0 Å². The van der Waals surface area contributed by atoms with E-state index in [-0.39, 0.29) is 0 Å². The molecule has 4 nitrogen and oxygen atoms in total. The first kappa shape index (κ1) is 20.7. The van der Waals surface area contributed by atoms with Crippen molar-refractivity contribution < 1.29 is 4.74 Å². The third-order valence-corrected chi connectivity index (χ3v) is 7.85. The summed E-state index contributed by atoms with van der Waals surface area (Å²) in [5.74, 6) is 0. The number of benzene rings is 2. The number of aromatic nitrogens is 2. The number of rotatable bonds is 8. The Morgan fingerprint density at radius 2 is 1.90 bits per heavy atom. The summed E-state index contributed by atoms with van der Waals surface area (Å²) in [6, 6.07) is 17.8. The molecule has 0 N–H and O–H groups in total. The van der Waals surface area contributed by atoms with Crippen molar-refractivity contribution in [2.24, 2.45) is 5.41 Å². The van der Waals surface area contributed by atoms with Crippen LogP contribution in [-0.4, -0.2) is 40.6 Å². The smallest absolute Gasteiger partial charge is 0.194 e. The maximum absolute atomic E-state index is 5.96. The minimum absolute atomic E-state index is 0.311. The van der Waals surface area contributed by atoms with Crippen LogP contribution in [0.3, 0.4) is 0 Å². The van der Waals surface area contributed by atoms with E-state index in [0.29, 0.717) is 5.41 Å². The molecule has 1 fully saturated rings. The van der Waals surface area contributed by atoms with Gasteiger partial charge < -0.3 is 4.74 Å². The molecule has 0 radical (unpaired) electrons. The van der Waals surface area contributed by atoms with Crippen LogP contribution >= 0.6 is 11.3 Å². The number of likely N-dealkylation sites (tertiary alicyclic amines) is 1. The van der Waals surface area contributed by atoms with Crippen LogP contribution in [0.15, 0.2) is 60.9 Å². The first-order valence-electron chi connectivity index (χ1n) is 11.4. The van der Waals surface area contributed by atoms with Crippen LogP contribution in [0.25, 0.3) is 15.2 Å². The lowest BCUT2D eigenvalue weighted by molar-refractivity contribution is -0.00231. The molecule has 1 aliphatic heterocycles. The zero-order valence-electron chi connectivity index (χ0n) is 18.3. The van der Waals surface area contributed by atoms with Crippen molar-refractivity contribution in [3.63, 3.8) is 0 Å². The zero-order valence-corrected chi connectivity index (χ0v) is 19.1. The molecule has 3 heterocycles. The molecule has 0 bridgehead atoms. The highest BCUT2D eigenvalue weighted by Crippen LogP contribution is 2.37. The SMILES string of the molecule is CCOCC1(CCc2ccccc2)CCN(Cc2ccc3c(c2)sc2nccn23)CC1. The minimum Gasteiger partial charge on any atom is -0.381 e. The van der Waals surface area contributed by atoms with Crippen LogP contribution < -0.4 is 0 Å². The van der Waals surface area contributed by atoms with Gasteiger partial charge >= 0.3 is 0 Å². The van der Waals surface area contributed by atoms with Crippen molar-refractivity contribution >= 4 is 26.5 Å². The Hall–Kier alpha value is -2.21. The molecule has 0 aliphatic carbocycles. The van der Waals surface area contributed by atoms with Crippen LogP contribution in [0.5, 0.6) is 0 Å². The highest BCUT2D eigenvalue weighted by Gasteiger charge is 2.34. The van der Waals surface area contributed by atoms with Crippen molar-refractivity contribution in [1.82, 2.24) is 14.3 Å². The molecule has 0 saturated carbocycles. The number of fused-ring (bicyclic) bond motifs is 3. The topological polar surface area (TPSA) is 29.8 Å². The average molecular weight is 434 g/mol. The van der Waals surface area contributed by atoms with Gasteiger partial charge in [0.15, 0.2) is 4.96 Å². The van der Waals surface area contributed by atoms with Crippen molar-refractivity contribution in [2.45, 2.75) is 39.2 Å². The number of thiazole rings is 1. The van der Waals surface area contributed by atoms with Gasteiger partial charge in [-0.1, -0.05) is 47.7 Å². The Bertz CT molecular complexity index is 1130. The Morgan fingerprint density at radius 3 is 2.71 bits per heavy atom. The van der Waals surface area contributed by atoms with Gasteiger partial charge in [-0.05, 0) is 74.4 Å². The van der Waals surface area contributed by atoms with Crippen LogP contribution in [0.4, 0.5) is 0 Å². The van der Waals surface area contributed by atoms with Crippen molar-refractivity contribution in [2.75, 3.05) is 26.3 Å². The molecule has 0 amide bonds. The van der Waals surface area contributed by atoms with E-state index in [1.165, 1.54) is 40.6 Å². The minimum atomic E-state index is 0.311. The van der Waals surface area contributed by atoms with E-state index in [0.717, 1.165) is 44.2 Å². The third-order valence-electron chi connectivity index (χ3n) is 6.81. The summed E-state index contributed by atoms with van der Waals surface area (Å²) in [5, 5.41) is 0. The monoisotopic (exact) mass is 433 g/mol. The molecule has 2 aromatic carbocycles. The van der Waals surface area contributed by atoms with Gasteiger partial charge in [0.25, 0.3) is 0 Å². The normalized spacial score (nSPS) is 16.9. The maximum Gasteiger partial charge on any atom is 0.194 e. The Kier molecular flexibility index (Phi) is 6.08. The molecule has 0 spiro atoms. The summed E-state index contributed by atoms with van der Waals surface area (Å²) in [6.45, 7) is 7.13. The molecule has 2 aromatic heterocycles. The van der Waals surface area contributed by atoms with Gasteiger partial charge in [0, 0.05) is 25.5 Å². The number of piperidine rings is 1. The first-order chi connectivity index (χ1) is 15.2. The number of nitrogens with zero attached hydrogens (tertiary/aromatic N) is 3. The lowest BCUT2D eigenvalue weighted by Gasteiger charge is -2.42. The third kappa shape index (κ3) is 4.54. The molecule has 4 aromatic rings. The average Bonchev–Trinajstić information content (AvgIpc) is 3.40. The standard InChI is InChI=1S/C26H31N3OS/c1-2-30-20-26(11-10-21-6-4-3-5-7-21)12-15-28(16-13-26)19-22-8-9-23-24(18-22)31-25-27-14-17-29(23)25/h3-9,14,17-18H,2,10-13,15-16,19-20H2,1H3. The van der Waals surface area contributed by atoms with Gasteiger partial charge in [0.05, 0.1) is 16.8 Å². The first-order valence-corrected chi connectivity index (χ1v) is 12.2. The largest absolute Gasteiger partial charge is 0.381 e. The van der Waals surface area contributed by atoms with Gasteiger partial charge in [-0.25, -0.2) is 4.98 Å². The second kappa shape index (κ2) is 9.11. The molecule has 1 saturated heterocycles. The fourth-order valence-corrected chi connectivity index (χ4v) is 5.92. The van der Waals surface area contributed by atoms with Crippen molar-refractivity contribution in [1.29, 1.82) is 0 Å². The van der Waals surface area contributed by atoms with E-state index in [1.807, 2.05) is 12.4 Å². The van der Waals surface area contributed by atoms with Crippen LogP contribution in [0.1, 0.15) is 37.3 Å². The fraction of sp³-hybridized carbons (Fsp3) is 0.423. The predicted octanol–water partition coefficient (Wildman–Crippen LogP) is 5.80. The highest BCUT2D eigenvalue weighted by molar-refractivity contribution is 7.23. The van der Waals surface area contributed by atoms with E-state index >= 15 is 0 Å². The van der Waals surface area contributed by atoms with E-state index in [2.05, 4.69) is 69.7 Å². The molecule has 5 rings (SSSR count). The number of hydrogen-bond acceptors (Lipinski definition) is 4. The Morgan fingerprint density at radius 1 is 1.06 bits per heavy atom. The van der Waals surface area contributed by atoms with Crippen molar-refractivity contribution in [3.05, 3.63) is 72.1 Å². The van der Waals surface area contributed by atoms with Gasteiger partial charge in [-0.2, -0.15) is 0 Å². The zero-order chi connectivity index (χ0) is 21.1. The van der Waals surface area contributed by atoms with E-state index in [1.54, 1.807) is 11.3 Å². The number of hydrogen-bond donors (Lipinski definition) is 0. The van der Waals surface area contributed by atoms with E-state index in [9.17, 15) is 0 Å². The molecular weight excluding hydrogens is 402 g/mol. The Labute approximate surface area is 188 Å². The second-order valence-electron chi connectivity index (χ2n) is 8.88. The van der Waals surface area contributed by atoms with Gasteiger partial charge in [0.2, 0.25) is 0 Å². The predicted molar refractivity (Wildman–Crippen MR) is 129 cm³/mol. The Balaban J connectivity index is 1.23. The summed E-state index contributed by atoms with van der Waals surface area (Å²) < 4.78 is 9.47. The molecule has 0 atom stereocenters. The lowest BCUT2D eigenvalue weighted by atomic mass is 9.74. The summed E-state index contributed by atoms with van der Waals surface area (Å²) >= 11 is 1.77. The van der Waals surface area contributed by atoms with Crippen LogP contribution in [-0.2, 0) is 17.7 Å². The summed E-state index contributed by atoms with van der Waals surface area (Å²) in [4.78, 5) is 8.13. The number of imidazole rings is 1. The molecule has 5 heteroatoms. The fourth-order valence-electron chi connectivity index (χ4n) is 4.87. The second-order valence-corrected chi connectivity index (χ2v) is 9.89. The van der Waals surface area contributed by atoms with Gasteiger partial charge in [-0.3, -0.25) is 9.30 Å². The summed E-state index contributed by atoms with van der Waals surface area (Å²) in [6.07, 6.45) is 8.71. The van der Waals surface area contributed by atoms with E-state index in [4.69, 9.17) is 4.74 Å². The van der Waals surface area contributed by atoms with Crippen LogP contribution in [0, 0.1) is 5.41 Å². The summed E-state index contributed by atoms with van der Waals surface area (Å²) in [5.41, 5.74) is 4.41. The molecule has 162 valence electrons. The number of ether oxygens (including phenoxy) is 1. The molecule has 0 unspecified atom stereocenters. The van der Waals surface area contributed by atoms with Crippen molar-refractivity contribution in [3.8, 4) is 0 Å². The summed E-state index contributed by atoms with van der Waals surface area (Å²) in [7, 11) is 0. The maximum atomic E-state index is 5.96. The molecule has 31 heavy (non-hydrogen) atoms. The van der Waals surface area contributed by atoms with Gasteiger partial charge in [0.1, 0.15) is 0 Å². The van der Waals surface area contributed by atoms with Gasteiger partial charge in [-0.15, -0.1) is 0 Å². The molecular formula is C26H31N3OS. The van der Waals surface area contributed by atoms with E-state index < -0.39 is 0 Å².